The fraction of sp³-hybridized carbons (Fsp3) is 0. The molecule has 0 amide bonds. The topological polar surface area (TPSA) is 45.4 Å². The summed E-state index contributed by atoms with van der Waals surface area (Å²) in [5.74, 6) is 0.480. The van der Waals surface area contributed by atoms with Gasteiger partial charge in [0, 0.05) is 34.0 Å². The lowest BCUT2D eigenvalue weighted by molar-refractivity contribution is 0.476. The molecule has 0 aliphatic rings. The van der Waals surface area contributed by atoms with Crippen molar-refractivity contribution in [3.05, 3.63) is 78.9 Å². The monoisotopic (exact) mass is 325 g/mol. The van der Waals surface area contributed by atoms with Crippen molar-refractivity contribution in [1.82, 2.24) is 4.57 Å². The van der Waals surface area contributed by atoms with Crippen molar-refractivity contribution in [3.63, 3.8) is 0 Å². The Morgan fingerprint density at radius 1 is 0.600 bits per heavy atom. The molecule has 120 valence electrons. The Hall–Kier alpha value is -3.46. The van der Waals surface area contributed by atoms with Gasteiger partial charge in [-0.05, 0) is 29.7 Å². The molecule has 1 heterocycles. The van der Waals surface area contributed by atoms with Gasteiger partial charge >= 0.3 is 0 Å². The summed E-state index contributed by atoms with van der Waals surface area (Å²) in [7, 11) is 0. The van der Waals surface area contributed by atoms with E-state index in [-0.39, 0.29) is 11.5 Å². The third-order valence-electron chi connectivity index (χ3n) is 4.75. The highest BCUT2D eigenvalue weighted by Gasteiger charge is 2.17. The van der Waals surface area contributed by atoms with Crippen LogP contribution < -0.4 is 0 Å². The first-order valence-electron chi connectivity index (χ1n) is 8.17. The third-order valence-corrected chi connectivity index (χ3v) is 4.75. The van der Waals surface area contributed by atoms with Gasteiger partial charge in [0.2, 0.25) is 0 Å². The Labute approximate surface area is 144 Å². The van der Waals surface area contributed by atoms with Gasteiger partial charge in [0.15, 0.2) is 0 Å². The second-order valence-corrected chi connectivity index (χ2v) is 6.21. The van der Waals surface area contributed by atoms with Crippen LogP contribution in [0.1, 0.15) is 0 Å². The first-order valence-corrected chi connectivity index (χ1v) is 8.17. The minimum atomic E-state index is 0.223. The molecule has 0 bridgehead atoms. The largest absolute Gasteiger partial charge is 0.508 e. The summed E-state index contributed by atoms with van der Waals surface area (Å²) < 4.78 is 2.08. The quantitative estimate of drug-likeness (QED) is 0.436. The molecule has 1 aromatic heterocycles. The molecule has 0 saturated carbocycles. The van der Waals surface area contributed by atoms with E-state index in [1.54, 1.807) is 12.1 Å². The number of phenolic OH excluding ortho intramolecular Hbond substituents is 2. The highest BCUT2D eigenvalue weighted by molar-refractivity contribution is 6.22. The summed E-state index contributed by atoms with van der Waals surface area (Å²) in [4.78, 5) is 0. The number of aromatic nitrogens is 1. The molecule has 5 rings (SSSR count). The zero-order valence-corrected chi connectivity index (χ0v) is 13.3. The van der Waals surface area contributed by atoms with Crippen molar-refractivity contribution >= 4 is 32.6 Å². The molecule has 3 heteroatoms. The van der Waals surface area contributed by atoms with Crippen LogP contribution in [0.3, 0.4) is 0 Å². The maximum Gasteiger partial charge on any atom is 0.125 e. The molecule has 0 aliphatic heterocycles. The Kier molecular flexibility index (Phi) is 2.80. The van der Waals surface area contributed by atoms with Crippen molar-refractivity contribution in [1.29, 1.82) is 0 Å². The first-order chi connectivity index (χ1) is 12.2. The van der Waals surface area contributed by atoms with E-state index in [2.05, 4.69) is 4.57 Å². The van der Waals surface area contributed by atoms with Crippen LogP contribution in [0.15, 0.2) is 78.9 Å². The normalized spacial score (nSPS) is 11.5. The molecule has 25 heavy (non-hydrogen) atoms. The summed E-state index contributed by atoms with van der Waals surface area (Å²) in [6.45, 7) is 0. The Morgan fingerprint density at radius 3 is 2.12 bits per heavy atom. The van der Waals surface area contributed by atoms with E-state index in [9.17, 15) is 10.2 Å². The molecule has 0 radical (unpaired) electrons. The lowest BCUT2D eigenvalue weighted by Gasteiger charge is -2.09. The maximum absolute atomic E-state index is 10.6. The van der Waals surface area contributed by atoms with Gasteiger partial charge in [-0.3, -0.25) is 0 Å². The van der Waals surface area contributed by atoms with Gasteiger partial charge in [0.05, 0.1) is 11.0 Å². The van der Waals surface area contributed by atoms with Crippen LogP contribution in [-0.4, -0.2) is 14.8 Å². The van der Waals surface area contributed by atoms with Crippen LogP contribution in [0.25, 0.3) is 38.3 Å². The van der Waals surface area contributed by atoms with Crippen LogP contribution in [-0.2, 0) is 0 Å². The van der Waals surface area contributed by atoms with Gasteiger partial charge in [-0.1, -0.05) is 42.5 Å². The zero-order chi connectivity index (χ0) is 17.0. The molecular weight excluding hydrogens is 310 g/mol. The molecular formula is C22H15NO2. The van der Waals surface area contributed by atoms with Crippen LogP contribution in [0, 0.1) is 0 Å². The third kappa shape index (κ3) is 1.93. The lowest BCUT2D eigenvalue weighted by atomic mass is 10.0. The Balaban J connectivity index is 2.10. The summed E-state index contributed by atoms with van der Waals surface area (Å²) in [6.07, 6.45) is 0. The van der Waals surface area contributed by atoms with Gasteiger partial charge in [0.25, 0.3) is 0 Å². The van der Waals surface area contributed by atoms with Crippen LogP contribution in [0.2, 0.25) is 0 Å². The van der Waals surface area contributed by atoms with Gasteiger partial charge in [-0.2, -0.15) is 0 Å². The van der Waals surface area contributed by atoms with Crippen molar-refractivity contribution in [2.24, 2.45) is 0 Å². The lowest BCUT2D eigenvalue weighted by Crippen LogP contribution is -1.93. The highest BCUT2D eigenvalue weighted by atomic mass is 16.3. The van der Waals surface area contributed by atoms with Crippen molar-refractivity contribution < 1.29 is 10.2 Å². The van der Waals surface area contributed by atoms with E-state index >= 15 is 0 Å². The van der Waals surface area contributed by atoms with E-state index in [0.717, 1.165) is 38.3 Å². The average Bonchev–Trinajstić information content (AvgIpc) is 2.96. The highest BCUT2D eigenvalue weighted by Crippen LogP contribution is 2.41. The number of phenols is 2. The number of benzene rings is 4. The molecule has 3 nitrogen and oxygen atoms in total. The van der Waals surface area contributed by atoms with Gasteiger partial charge in [-0.25, -0.2) is 0 Å². The van der Waals surface area contributed by atoms with Gasteiger partial charge in [0.1, 0.15) is 11.5 Å². The molecule has 0 saturated heterocycles. The van der Waals surface area contributed by atoms with Gasteiger partial charge < -0.3 is 14.8 Å². The first kappa shape index (κ1) is 13.9. The summed E-state index contributed by atoms with van der Waals surface area (Å²) in [5.41, 5.74) is 2.82. The number of fused-ring (bicyclic) bond motifs is 5. The zero-order valence-electron chi connectivity index (χ0n) is 13.3. The van der Waals surface area contributed by atoms with Crippen molar-refractivity contribution in [3.8, 4) is 17.2 Å². The number of aromatic hydroxyl groups is 2. The van der Waals surface area contributed by atoms with Crippen molar-refractivity contribution in [2.45, 2.75) is 0 Å². The van der Waals surface area contributed by atoms with Crippen LogP contribution >= 0.6 is 0 Å². The molecule has 2 N–H and O–H groups in total. The Morgan fingerprint density at radius 2 is 1.32 bits per heavy atom. The van der Waals surface area contributed by atoms with Crippen molar-refractivity contribution in [2.75, 3.05) is 0 Å². The number of hydrogen-bond donors (Lipinski definition) is 2. The van der Waals surface area contributed by atoms with E-state index in [4.69, 9.17) is 0 Å². The Bertz CT molecular complexity index is 1250. The second kappa shape index (κ2) is 5.02. The SMILES string of the molecule is Oc1ccc2c3c4ccccc4c(O)cc3n(-c3ccccc3)c2c1. The number of para-hydroxylation sites is 1. The van der Waals surface area contributed by atoms with Crippen LogP contribution in [0.5, 0.6) is 11.5 Å². The maximum atomic E-state index is 10.6. The molecule has 0 spiro atoms. The number of hydrogen-bond acceptors (Lipinski definition) is 2. The number of nitrogens with zero attached hydrogens (tertiary/aromatic N) is 1. The minimum absolute atomic E-state index is 0.223. The predicted octanol–water partition coefficient (Wildman–Crippen LogP) is 5.35. The fourth-order valence-electron chi connectivity index (χ4n) is 3.70. The molecule has 0 unspecified atom stereocenters. The molecule has 0 aliphatic carbocycles. The number of rotatable bonds is 1. The average molecular weight is 325 g/mol. The van der Waals surface area contributed by atoms with E-state index in [0.29, 0.717) is 0 Å². The summed E-state index contributed by atoms with van der Waals surface area (Å²) >= 11 is 0. The van der Waals surface area contributed by atoms with Gasteiger partial charge in [-0.15, -0.1) is 0 Å². The predicted molar refractivity (Wildman–Crippen MR) is 102 cm³/mol. The van der Waals surface area contributed by atoms with E-state index in [1.807, 2.05) is 66.7 Å². The summed E-state index contributed by atoms with van der Waals surface area (Å²) in [5, 5.41) is 24.5. The van der Waals surface area contributed by atoms with Crippen LogP contribution in [0.4, 0.5) is 0 Å². The molecule has 4 aromatic carbocycles. The van der Waals surface area contributed by atoms with E-state index in [1.165, 1.54) is 0 Å². The minimum Gasteiger partial charge on any atom is -0.508 e. The van der Waals surface area contributed by atoms with E-state index < -0.39 is 0 Å². The smallest absolute Gasteiger partial charge is 0.125 e. The molecule has 0 fully saturated rings. The summed E-state index contributed by atoms with van der Waals surface area (Å²) in [6, 6.07) is 25.1. The second-order valence-electron chi connectivity index (χ2n) is 6.21. The fourth-order valence-corrected chi connectivity index (χ4v) is 3.70. The molecule has 5 aromatic rings. The standard InChI is InChI=1S/C22H15NO2/c24-15-10-11-18-19(12-15)23(14-6-2-1-3-7-14)20-13-21(25)16-8-4-5-9-17(16)22(18)20/h1-13,24-25H. The molecule has 0 atom stereocenters.